The third kappa shape index (κ3) is 6.94. The number of carbonyl (C=O) groups is 2. The Balaban J connectivity index is 2.16. The number of benzene rings is 1. The first kappa shape index (κ1) is 24.1. The molecule has 0 aliphatic rings. The van der Waals surface area contributed by atoms with E-state index in [1.54, 1.807) is 20.8 Å². The van der Waals surface area contributed by atoms with Crippen LogP contribution in [0, 0.1) is 12.8 Å². The normalized spacial score (nSPS) is 11.5. The van der Waals surface area contributed by atoms with E-state index >= 15 is 0 Å². The second-order valence-corrected chi connectivity index (χ2v) is 8.92. The molecule has 0 spiro atoms. The van der Waals surface area contributed by atoms with Crippen LogP contribution >= 0.6 is 0 Å². The molecule has 0 saturated heterocycles. The quantitative estimate of drug-likeness (QED) is 0.654. The maximum absolute atomic E-state index is 12.6. The lowest BCUT2D eigenvalue weighted by Crippen LogP contribution is -2.47. The Morgan fingerprint density at radius 3 is 2.35 bits per heavy atom. The molecule has 1 heterocycles. The summed E-state index contributed by atoms with van der Waals surface area (Å²) in [4.78, 5) is 49.6. The molecule has 31 heavy (non-hydrogen) atoms. The van der Waals surface area contributed by atoms with Gasteiger partial charge in [-0.3, -0.25) is 14.2 Å². The fraction of sp³-hybridized carbons (Fsp3) is 0.478. The minimum absolute atomic E-state index is 0.0597. The van der Waals surface area contributed by atoms with Crippen LogP contribution < -0.4 is 11.2 Å². The summed E-state index contributed by atoms with van der Waals surface area (Å²) in [6.07, 6.45) is 1.06. The Bertz CT molecular complexity index is 1070. The van der Waals surface area contributed by atoms with Crippen LogP contribution in [0.2, 0.25) is 0 Å². The Morgan fingerprint density at radius 1 is 1.10 bits per heavy atom. The topological polar surface area (TPSA) is 96.6 Å². The van der Waals surface area contributed by atoms with Gasteiger partial charge in [0.2, 0.25) is 0 Å². The van der Waals surface area contributed by atoms with Crippen LogP contribution in [0.4, 0.5) is 4.79 Å². The molecule has 0 amide bonds. The van der Waals surface area contributed by atoms with Crippen LogP contribution in [0.5, 0.6) is 0 Å². The minimum Gasteiger partial charge on any atom is -0.459 e. The highest BCUT2D eigenvalue weighted by molar-refractivity contribution is 5.71. The summed E-state index contributed by atoms with van der Waals surface area (Å²) in [5.41, 5.74) is -0.514. The molecule has 1 aromatic heterocycles. The van der Waals surface area contributed by atoms with E-state index in [-0.39, 0.29) is 12.2 Å². The first-order valence-corrected chi connectivity index (χ1v) is 10.2. The molecule has 2 rings (SSSR count). The van der Waals surface area contributed by atoms with Crippen molar-refractivity contribution in [2.75, 3.05) is 0 Å². The molecule has 2 aromatic rings. The Morgan fingerprint density at radius 2 is 1.74 bits per heavy atom. The molecule has 1 aromatic carbocycles. The summed E-state index contributed by atoms with van der Waals surface area (Å²) in [6.45, 7) is 10.2. The molecule has 0 atom stereocenters. The summed E-state index contributed by atoms with van der Waals surface area (Å²) in [5.74, 6) is -0.154. The molecule has 0 fully saturated rings. The van der Waals surface area contributed by atoms with Gasteiger partial charge in [-0.05, 0) is 51.2 Å². The van der Waals surface area contributed by atoms with Crippen molar-refractivity contribution in [3.63, 3.8) is 0 Å². The summed E-state index contributed by atoms with van der Waals surface area (Å²) >= 11 is 0. The van der Waals surface area contributed by atoms with Gasteiger partial charge in [-0.15, -0.1) is 0 Å². The Hall–Kier alpha value is -3.16. The average Bonchev–Trinajstić information content (AvgIpc) is 2.63. The lowest BCUT2D eigenvalue weighted by Gasteiger charge is -2.20. The standard InChI is InChI=1S/C23H30N2O6/c1-15(2)10-17-8-7-9-18(11-17)14-30-19(26)13-24-12-16(3)20(27)25(21(24)28)22(29)31-23(4,5)6/h7-9,11-12,15H,10,13-14H2,1-6H3. The number of rotatable bonds is 6. The SMILES string of the molecule is Cc1cn(CC(=O)OCc2cccc(CC(C)C)c2)c(=O)n(C(=O)OC(C)(C)C)c1=O. The molecular formula is C23H30N2O6. The number of hydrogen-bond acceptors (Lipinski definition) is 6. The van der Waals surface area contributed by atoms with E-state index in [1.165, 1.54) is 13.1 Å². The second-order valence-electron chi connectivity index (χ2n) is 8.92. The monoisotopic (exact) mass is 430 g/mol. The van der Waals surface area contributed by atoms with Crippen molar-refractivity contribution in [2.24, 2.45) is 5.92 Å². The minimum atomic E-state index is -1.09. The second kappa shape index (κ2) is 9.76. The molecule has 0 aliphatic heterocycles. The highest BCUT2D eigenvalue weighted by atomic mass is 16.6. The predicted molar refractivity (Wildman–Crippen MR) is 116 cm³/mol. The van der Waals surface area contributed by atoms with Crippen LogP contribution in [0.3, 0.4) is 0 Å². The summed E-state index contributed by atoms with van der Waals surface area (Å²) in [5, 5.41) is 0. The summed E-state index contributed by atoms with van der Waals surface area (Å²) in [6, 6.07) is 7.77. The number of aromatic nitrogens is 2. The van der Waals surface area contributed by atoms with Crippen LogP contribution in [0.25, 0.3) is 0 Å². The van der Waals surface area contributed by atoms with Gasteiger partial charge in [0.1, 0.15) is 18.8 Å². The smallest absolute Gasteiger partial charge is 0.425 e. The fourth-order valence-electron chi connectivity index (χ4n) is 2.98. The van der Waals surface area contributed by atoms with Crippen molar-refractivity contribution in [3.05, 3.63) is 68.0 Å². The summed E-state index contributed by atoms with van der Waals surface area (Å²) < 4.78 is 11.8. The number of nitrogens with zero attached hydrogens (tertiary/aromatic N) is 2. The molecule has 8 nitrogen and oxygen atoms in total. The molecular weight excluding hydrogens is 400 g/mol. The van der Waals surface area contributed by atoms with Gasteiger partial charge in [-0.1, -0.05) is 38.1 Å². The Labute approximate surface area is 181 Å². The van der Waals surface area contributed by atoms with Gasteiger partial charge in [-0.2, -0.15) is 4.57 Å². The first-order valence-electron chi connectivity index (χ1n) is 10.2. The zero-order valence-electron chi connectivity index (χ0n) is 18.9. The van der Waals surface area contributed by atoms with Gasteiger partial charge in [0, 0.05) is 11.8 Å². The van der Waals surface area contributed by atoms with Gasteiger partial charge < -0.3 is 9.47 Å². The van der Waals surface area contributed by atoms with Crippen molar-refractivity contribution in [1.82, 2.24) is 9.13 Å². The maximum atomic E-state index is 12.6. The van der Waals surface area contributed by atoms with E-state index in [2.05, 4.69) is 13.8 Å². The van der Waals surface area contributed by atoms with Gasteiger partial charge in [0.05, 0.1) is 0 Å². The maximum Gasteiger partial charge on any atom is 0.425 e. The number of hydrogen-bond donors (Lipinski definition) is 0. The van der Waals surface area contributed by atoms with Crippen molar-refractivity contribution < 1.29 is 19.1 Å². The molecule has 8 heteroatoms. The van der Waals surface area contributed by atoms with Gasteiger partial charge in [0.15, 0.2) is 0 Å². The van der Waals surface area contributed by atoms with Crippen molar-refractivity contribution >= 4 is 12.1 Å². The highest BCUT2D eigenvalue weighted by Gasteiger charge is 2.23. The van der Waals surface area contributed by atoms with Crippen molar-refractivity contribution in [2.45, 2.75) is 66.7 Å². The zero-order chi connectivity index (χ0) is 23.3. The lowest BCUT2D eigenvalue weighted by atomic mass is 10.0. The van der Waals surface area contributed by atoms with Gasteiger partial charge in [-0.25, -0.2) is 9.59 Å². The van der Waals surface area contributed by atoms with Crippen LogP contribution in [0.1, 0.15) is 51.3 Å². The van der Waals surface area contributed by atoms with Crippen LogP contribution in [-0.2, 0) is 33.8 Å². The number of carbonyl (C=O) groups excluding carboxylic acids is 2. The predicted octanol–water partition coefficient (Wildman–Crippen LogP) is 3.04. The van der Waals surface area contributed by atoms with E-state index < -0.39 is 35.5 Å². The van der Waals surface area contributed by atoms with E-state index in [4.69, 9.17) is 9.47 Å². The Kier molecular flexibility index (Phi) is 7.60. The largest absolute Gasteiger partial charge is 0.459 e. The first-order chi connectivity index (χ1) is 14.4. The molecule has 0 unspecified atom stereocenters. The molecule has 0 radical (unpaired) electrons. The number of ether oxygens (including phenoxy) is 2. The van der Waals surface area contributed by atoms with Crippen LogP contribution in [0.15, 0.2) is 40.1 Å². The van der Waals surface area contributed by atoms with E-state index in [1.807, 2.05) is 24.3 Å². The molecule has 0 bridgehead atoms. The summed E-state index contributed by atoms with van der Waals surface area (Å²) in [7, 11) is 0. The zero-order valence-corrected chi connectivity index (χ0v) is 18.9. The third-order valence-electron chi connectivity index (χ3n) is 4.24. The molecule has 0 aliphatic carbocycles. The molecule has 0 N–H and O–H groups in total. The highest BCUT2D eigenvalue weighted by Crippen LogP contribution is 2.12. The van der Waals surface area contributed by atoms with E-state index in [0.717, 1.165) is 22.1 Å². The molecule has 0 saturated carbocycles. The fourth-order valence-corrected chi connectivity index (χ4v) is 2.98. The van der Waals surface area contributed by atoms with Crippen molar-refractivity contribution in [1.29, 1.82) is 0 Å². The van der Waals surface area contributed by atoms with E-state index in [0.29, 0.717) is 10.5 Å². The van der Waals surface area contributed by atoms with E-state index in [9.17, 15) is 19.2 Å². The van der Waals surface area contributed by atoms with Gasteiger partial charge in [0.25, 0.3) is 5.56 Å². The van der Waals surface area contributed by atoms with Gasteiger partial charge >= 0.3 is 17.8 Å². The van der Waals surface area contributed by atoms with Crippen molar-refractivity contribution in [3.8, 4) is 0 Å². The molecule has 168 valence electrons. The number of esters is 1. The third-order valence-corrected chi connectivity index (χ3v) is 4.24. The average molecular weight is 431 g/mol. The van der Waals surface area contributed by atoms with Crippen LogP contribution in [-0.4, -0.2) is 26.8 Å². The lowest BCUT2D eigenvalue weighted by molar-refractivity contribution is -0.145. The number of aryl methyl sites for hydroxylation is 1.